The Labute approximate surface area is 86.8 Å². The highest BCUT2D eigenvalue weighted by molar-refractivity contribution is 5.25. The van der Waals surface area contributed by atoms with E-state index in [0.29, 0.717) is 5.92 Å². The molecule has 0 saturated carbocycles. The molecule has 1 aromatic carbocycles. The highest BCUT2D eigenvalue weighted by Gasteiger charge is 2.20. The molecule has 0 aliphatic heterocycles. The highest BCUT2D eigenvalue weighted by Crippen LogP contribution is 2.27. The largest absolute Gasteiger partial charge is 0.393 e. The van der Waals surface area contributed by atoms with Gasteiger partial charge in [-0.2, -0.15) is 0 Å². The van der Waals surface area contributed by atoms with Crippen molar-refractivity contribution in [2.45, 2.75) is 39.7 Å². The van der Waals surface area contributed by atoms with E-state index in [4.69, 9.17) is 0 Å². The first-order chi connectivity index (χ1) is 6.52. The van der Waals surface area contributed by atoms with Crippen molar-refractivity contribution in [2.24, 2.45) is 5.92 Å². The minimum absolute atomic E-state index is 0.246. The van der Waals surface area contributed by atoms with Crippen molar-refractivity contribution in [3.05, 3.63) is 35.4 Å². The summed E-state index contributed by atoms with van der Waals surface area (Å²) in [6.45, 7) is 8.25. The second-order valence-electron chi connectivity index (χ2n) is 4.42. The van der Waals surface area contributed by atoms with Crippen LogP contribution in [0, 0.1) is 12.8 Å². The van der Waals surface area contributed by atoms with Gasteiger partial charge in [0.25, 0.3) is 0 Å². The lowest BCUT2D eigenvalue weighted by Gasteiger charge is -2.24. The number of aliphatic hydroxyl groups is 1. The predicted octanol–water partition coefficient (Wildman–Crippen LogP) is 3.12. The van der Waals surface area contributed by atoms with Crippen LogP contribution in [0.3, 0.4) is 0 Å². The van der Waals surface area contributed by atoms with Gasteiger partial charge in [0.1, 0.15) is 0 Å². The lowest BCUT2D eigenvalue weighted by Crippen LogP contribution is -2.19. The van der Waals surface area contributed by atoms with Gasteiger partial charge in [0.2, 0.25) is 0 Å². The van der Waals surface area contributed by atoms with E-state index in [-0.39, 0.29) is 12.0 Å². The summed E-state index contributed by atoms with van der Waals surface area (Å²) < 4.78 is 0. The van der Waals surface area contributed by atoms with Crippen LogP contribution in [-0.2, 0) is 0 Å². The number of hydrogen-bond donors (Lipinski definition) is 1. The third-order valence-electron chi connectivity index (χ3n) is 2.70. The summed E-state index contributed by atoms with van der Waals surface area (Å²) in [5.74, 6) is 0.716. The maximum atomic E-state index is 9.71. The van der Waals surface area contributed by atoms with Gasteiger partial charge in [-0.05, 0) is 25.3 Å². The third-order valence-corrected chi connectivity index (χ3v) is 2.70. The van der Waals surface area contributed by atoms with Crippen LogP contribution >= 0.6 is 0 Å². The molecule has 1 N–H and O–H groups in total. The van der Waals surface area contributed by atoms with Crippen molar-refractivity contribution < 1.29 is 5.11 Å². The maximum absolute atomic E-state index is 9.71. The molecular weight excluding hydrogens is 172 g/mol. The van der Waals surface area contributed by atoms with Crippen molar-refractivity contribution in [1.82, 2.24) is 0 Å². The minimum atomic E-state index is -0.280. The van der Waals surface area contributed by atoms with E-state index in [0.717, 1.165) is 0 Å². The molecule has 0 heterocycles. The van der Waals surface area contributed by atoms with E-state index in [1.807, 2.05) is 6.92 Å². The second kappa shape index (κ2) is 4.61. The van der Waals surface area contributed by atoms with Gasteiger partial charge in [0, 0.05) is 5.92 Å². The first kappa shape index (κ1) is 11.3. The van der Waals surface area contributed by atoms with Gasteiger partial charge >= 0.3 is 0 Å². The van der Waals surface area contributed by atoms with Crippen LogP contribution in [0.4, 0.5) is 0 Å². The van der Waals surface area contributed by atoms with Crippen LogP contribution in [0.15, 0.2) is 24.3 Å². The molecule has 0 spiro atoms. The molecule has 0 aliphatic carbocycles. The van der Waals surface area contributed by atoms with E-state index in [9.17, 15) is 5.11 Å². The van der Waals surface area contributed by atoms with Gasteiger partial charge < -0.3 is 5.11 Å². The molecule has 2 atom stereocenters. The molecule has 0 radical (unpaired) electrons. The van der Waals surface area contributed by atoms with Crippen LogP contribution in [0.5, 0.6) is 0 Å². The van der Waals surface area contributed by atoms with Crippen molar-refractivity contribution >= 4 is 0 Å². The quantitative estimate of drug-likeness (QED) is 0.780. The Bertz CT molecular complexity index is 264. The average molecular weight is 192 g/mol. The first-order valence-corrected chi connectivity index (χ1v) is 5.27. The molecule has 78 valence electrons. The van der Waals surface area contributed by atoms with Gasteiger partial charge in [0.15, 0.2) is 0 Å². The summed E-state index contributed by atoms with van der Waals surface area (Å²) in [4.78, 5) is 0. The molecule has 0 amide bonds. The summed E-state index contributed by atoms with van der Waals surface area (Å²) in [5, 5.41) is 9.71. The van der Waals surface area contributed by atoms with E-state index in [1.54, 1.807) is 0 Å². The lowest BCUT2D eigenvalue weighted by atomic mass is 9.84. The number of rotatable bonds is 3. The molecule has 0 bridgehead atoms. The Hall–Kier alpha value is -0.820. The monoisotopic (exact) mass is 192 g/mol. The molecule has 14 heavy (non-hydrogen) atoms. The fourth-order valence-corrected chi connectivity index (χ4v) is 2.01. The number of aliphatic hydroxyl groups excluding tert-OH is 1. The SMILES string of the molecule is Cc1ccc([C@H](C(C)C)[C@@H](C)O)cc1. The van der Waals surface area contributed by atoms with Crippen molar-refractivity contribution in [2.75, 3.05) is 0 Å². The molecule has 0 aromatic heterocycles. The fourth-order valence-electron chi connectivity index (χ4n) is 2.01. The van der Waals surface area contributed by atoms with Gasteiger partial charge in [-0.15, -0.1) is 0 Å². The first-order valence-electron chi connectivity index (χ1n) is 5.27. The number of hydrogen-bond acceptors (Lipinski definition) is 1. The van der Waals surface area contributed by atoms with Gasteiger partial charge in [-0.1, -0.05) is 43.7 Å². The van der Waals surface area contributed by atoms with Crippen molar-refractivity contribution in [1.29, 1.82) is 0 Å². The Balaban J connectivity index is 2.94. The second-order valence-corrected chi connectivity index (χ2v) is 4.42. The molecule has 0 fully saturated rings. The molecule has 1 rings (SSSR count). The topological polar surface area (TPSA) is 20.2 Å². The third kappa shape index (κ3) is 2.58. The minimum Gasteiger partial charge on any atom is -0.393 e. The smallest absolute Gasteiger partial charge is 0.0583 e. The molecule has 0 unspecified atom stereocenters. The summed E-state index contributed by atoms with van der Waals surface area (Å²) in [6, 6.07) is 8.44. The molecular formula is C13H20O. The summed E-state index contributed by atoms with van der Waals surface area (Å²) in [6.07, 6.45) is -0.280. The van der Waals surface area contributed by atoms with E-state index in [2.05, 4.69) is 45.0 Å². The average Bonchev–Trinajstić information content (AvgIpc) is 2.07. The van der Waals surface area contributed by atoms with E-state index in [1.165, 1.54) is 11.1 Å². The van der Waals surface area contributed by atoms with Crippen molar-refractivity contribution in [3.63, 3.8) is 0 Å². The van der Waals surface area contributed by atoms with Crippen LogP contribution in [0.2, 0.25) is 0 Å². The lowest BCUT2D eigenvalue weighted by molar-refractivity contribution is 0.140. The van der Waals surface area contributed by atoms with E-state index >= 15 is 0 Å². The number of aryl methyl sites for hydroxylation is 1. The Kier molecular flexibility index (Phi) is 3.70. The Morgan fingerprint density at radius 1 is 1.00 bits per heavy atom. The zero-order valence-electron chi connectivity index (χ0n) is 9.49. The van der Waals surface area contributed by atoms with Crippen LogP contribution in [0.25, 0.3) is 0 Å². The molecule has 0 aliphatic rings. The predicted molar refractivity (Wildman–Crippen MR) is 60.4 cm³/mol. The Morgan fingerprint density at radius 2 is 1.50 bits per heavy atom. The van der Waals surface area contributed by atoms with Gasteiger partial charge in [-0.25, -0.2) is 0 Å². The maximum Gasteiger partial charge on any atom is 0.0583 e. The molecule has 1 nitrogen and oxygen atoms in total. The summed E-state index contributed by atoms with van der Waals surface area (Å²) >= 11 is 0. The molecule has 0 saturated heterocycles. The van der Waals surface area contributed by atoms with Crippen molar-refractivity contribution in [3.8, 4) is 0 Å². The van der Waals surface area contributed by atoms with Crippen LogP contribution in [0.1, 0.15) is 37.8 Å². The van der Waals surface area contributed by atoms with E-state index < -0.39 is 0 Å². The van der Waals surface area contributed by atoms with Crippen LogP contribution in [-0.4, -0.2) is 11.2 Å². The van der Waals surface area contributed by atoms with Gasteiger partial charge in [0.05, 0.1) is 6.10 Å². The highest BCUT2D eigenvalue weighted by atomic mass is 16.3. The molecule has 1 aromatic rings. The number of benzene rings is 1. The Morgan fingerprint density at radius 3 is 1.86 bits per heavy atom. The zero-order valence-corrected chi connectivity index (χ0v) is 9.49. The standard InChI is InChI=1S/C13H20O/c1-9(2)13(11(4)14)12-7-5-10(3)6-8-12/h5-9,11,13-14H,1-4H3/t11-,13-/m1/s1. The fraction of sp³-hybridized carbons (Fsp3) is 0.538. The van der Waals surface area contributed by atoms with Crippen LogP contribution < -0.4 is 0 Å². The summed E-state index contributed by atoms with van der Waals surface area (Å²) in [7, 11) is 0. The normalized spacial score (nSPS) is 15.6. The van der Waals surface area contributed by atoms with Gasteiger partial charge in [-0.3, -0.25) is 0 Å². The summed E-state index contributed by atoms with van der Waals surface area (Å²) in [5.41, 5.74) is 2.50. The zero-order chi connectivity index (χ0) is 10.7. The molecule has 1 heteroatoms.